The van der Waals surface area contributed by atoms with Crippen LogP contribution in [0, 0.1) is 0 Å². The van der Waals surface area contributed by atoms with Gasteiger partial charge in [-0.1, -0.05) is 18.2 Å². The Bertz CT molecular complexity index is 1170. The second kappa shape index (κ2) is 10.2. The number of rotatable bonds is 5. The fourth-order valence-corrected chi connectivity index (χ4v) is 4.11. The predicted molar refractivity (Wildman–Crippen MR) is 121 cm³/mol. The number of halogens is 4. The summed E-state index contributed by atoms with van der Waals surface area (Å²) in [4.78, 5) is 17.3. The number of hydrogen-bond donors (Lipinski definition) is 3. The monoisotopic (exact) mass is 483 g/mol. The lowest BCUT2D eigenvalue weighted by Gasteiger charge is -2.30. The Morgan fingerprint density at radius 3 is 2.67 bits per heavy atom. The molecule has 3 N–H and O–H groups in total. The Morgan fingerprint density at radius 1 is 1.18 bits per heavy atom. The number of aromatic nitrogens is 2. The smallest absolute Gasteiger partial charge is 0.392 e. The molecule has 0 bridgehead atoms. The molecule has 0 radical (unpaired) electrons. The zero-order chi connectivity index (χ0) is 22.9. The highest BCUT2D eigenvalue weighted by Crippen LogP contribution is 2.32. The van der Waals surface area contributed by atoms with Gasteiger partial charge in [-0.25, -0.2) is 4.98 Å². The Balaban J connectivity index is 0.00000306. The molecule has 33 heavy (non-hydrogen) atoms. The van der Waals surface area contributed by atoms with E-state index in [0.29, 0.717) is 23.1 Å². The lowest BCUT2D eigenvalue weighted by Crippen LogP contribution is -2.47. The van der Waals surface area contributed by atoms with Gasteiger partial charge in [0.05, 0.1) is 41.5 Å². The maximum absolute atomic E-state index is 13.1. The van der Waals surface area contributed by atoms with Crippen LogP contribution in [0.2, 0.25) is 0 Å². The van der Waals surface area contributed by atoms with Crippen LogP contribution >= 0.6 is 12.4 Å². The first-order valence-electron chi connectivity index (χ1n) is 10.5. The van der Waals surface area contributed by atoms with Gasteiger partial charge in [-0.3, -0.25) is 9.36 Å². The molecule has 1 saturated heterocycles. The van der Waals surface area contributed by atoms with E-state index in [-0.39, 0.29) is 42.4 Å². The largest absolute Gasteiger partial charge is 0.416 e. The molecule has 1 aromatic heterocycles. The van der Waals surface area contributed by atoms with Gasteiger partial charge in [0.2, 0.25) is 0 Å². The van der Waals surface area contributed by atoms with Crippen LogP contribution in [-0.2, 0) is 12.7 Å². The second-order valence-electron chi connectivity index (χ2n) is 8.17. The highest BCUT2D eigenvalue weighted by atomic mass is 35.5. The number of aliphatic hydroxyl groups is 2. The average molecular weight is 484 g/mol. The maximum Gasteiger partial charge on any atom is 0.416 e. The van der Waals surface area contributed by atoms with Gasteiger partial charge in [0, 0.05) is 6.04 Å². The van der Waals surface area contributed by atoms with E-state index in [9.17, 15) is 28.2 Å². The van der Waals surface area contributed by atoms with Crippen LogP contribution in [0.5, 0.6) is 0 Å². The highest BCUT2D eigenvalue weighted by Gasteiger charge is 2.30. The third-order valence-corrected chi connectivity index (χ3v) is 5.83. The van der Waals surface area contributed by atoms with E-state index in [4.69, 9.17) is 0 Å². The van der Waals surface area contributed by atoms with E-state index in [1.807, 2.05) is 0 Å². The molecule has 0 aliphatic carbocycles. The fourth-order valence-electron chi connectivity index (χ4n) is 4.11. The van der Waals surface area contributed by atoms with Crippen molar-refractivity contribution < 1.29 is 23.4 Å². The van der Waals surface area contributed by atoms with Gasteiger partial charge in [-0.2, -0.15) is 13.2 Å². The molecule has 0 amide bonds. The number of piperidine rings is 1. The Hall–Kier alpha value is -2.46. The van der Waals surface area contributed by atoms with E-state index in [1.54, 1.807) is 18.2 Å². The molecule has 0 saturated carbocycles. The Labute approximate surface area is 194 Å². The molecule has 3 aromatic rings. The molecular formula is C23H25ClF3N3O3. The zero-order valence-electron chi connectivity index (χ0n) is 17.6. The number of fused-ring (bicyclic) bond motifs is 1. The summed E-state index contributed by atoms with van der Waals surface area (Å²) in [5, 5.41) is 24.0. The number of nitrogens with one attached hydrogen (secondary N) is 1. The van der Waals surface area contributed by atoms with Gasteiger partial charge >= 0.3 is 6.18 Å². The minimum atomic E-state index is -4.46. The van der Waals surface area contributed by atoms with Gasteiger partial charge in [-0.05, 0) is 61.2 Å². The molecule has 1 aliphatic rings. The van der Waals surface area contributed by atoms with E-state index >= 15 is 0 Å². The fraction of sp³-hybridized carbons (Fsp3) is 0.391. The lowest BCUT2D eigenvalue weighted by atomic mass is 9.96. The SMILES string of the molecule is Cl.O=c1c2cc(-c3cccc(C(F)(F)F)c3)ccc2ncn1C[C@@H](O)C[C@H]1NCCC[C@@H]1O. The average Bonchev–Trinajstić information content (AvgIpc) is 2.77. The topological polar surface area (TPSA) is 87.4 Å². The van der Waals surface area contributed by atoms with Crippen LogP contribution < -0.4 is 10.9 Å². The molecule has 4 rings (SSSR count). The number of benzene rings is 2. The first-order valence-corrected chi connectivity index (χ1v) is 10.5. The molecule has 2 heterocycles. The van der Waals surface area contributed by atoms with Crippen molar-refractivity contribution in [3.63, 3.8) is 0 Å². The molecule has 1 aliphatic heterocycles. The summed E-state index contributed by atoms with van der Waals surface area (Å²) in [6.45, 7) is 0.769. The van der Waals surface area contributed by atoms with Gasteiger partial charge in [-0.15, -0.1) is 12.4 Å². The van der Waals surface area contributed by atoms with Gasteiger partial charge in [0.15, 0.2) is 0 Å². The van der Waals surface area contributed by atoms with Crippen LogP contribution in [0.1, 0.15) is 24.8 Å². The Morgan fingerprint density at radius 2 is 1.94 bits per heavy atom. The third-order valence-electron chi connectivity index (χ3n) is 5.83. The van der Waals surface area contributed by atoms with Crippen molar-refractivity contribution in [3.05, 3.63) is 64.7 Å². The summed E-state index contributed by atoms with van der Waals surface area (Å²) in [5.41, 5.74) is 0.0745. The molecule has 6 nitrogen and oxygen atoms in total. The van der Waals surface area contributed by atoms with Crippen molar-refractivity contribution in [2.45, 2.75) is 50.2 Å². The van der Waals surface area contributed by atoms with Crippen LogP contribution in [0.25, 0.3) is 22.0 Å². The summed E-state index contributed by atoms with van der Waals surface area (Å²) in [6.07, 6.45) is -2.70. The molecule has 2 aromatic carbocycles. The first-order chi connectivity index (χ1) is 15.2. The third kappa shape index (κ3) is 5.73. The standard InChI is InChI=1S/C23H24F3N3O3.ClH/c24-23(25,26)16-4-1-3-14(9-16)15-6-7-19-18(10-15)22(32)29(13-28-19)12-17(30)11-20-21(31)5-2-8-27-20;/h1,3-4,6-7,9-10,13,17,20-21,27,30-31H,2,5,8,11-12H2;1H/t17-,20+,21-;/m0./s1. The molecular weight excluding hydrogens is 459 g/mol. The van der Waals surface area contributed by atoms with Crippen molar-refractivity contribution in [3.8, 4) is 11.1 Å². The summed E-state index contributed by atoms with van der Waals surface area (Å²) in [6, 6.07) is 9.42. The molecule has 178 valence electrons. The predicted octanol–water partition coefficient (Wildman–Crippen LogP) is 3.37. The van der Waals surface area contributed by atoms with Crippen molar-refractivity contribution in [2.24, 2.45) is 0 Å². The second-order valence-corrected chi connectivity index (χ2v) is 8.17. The molecule has 3 atom stereocenters. The molecule has 10 heteroatoms. The molecule has 0 spiro atoms. The van der Waals surface area contributed by atoms with E-state index in [1.165, 1.54) is 23.0 Å². The van der Waals surface area contributed by atoms with Crippen LogP contribution in [0.3, 0.4) is 0 Å². The zero-order valence-corrected chi connectivity index (χ0v) is 18.4. The van der Waals surface area contributed by atoms with E-state index in [0.717, 1.165) is 25.1 Å². The summed E-state index contributed by atoms with van der Waals surface area (Å²) < 4.78 is 40.5. The number of nitrogens with zero attached hydrogens (tertiary/aromatic N) is 2. The van der Waals surface area contributed by atoms with Crippen LogP contribution in [-0.4, -0.2) is 44.6 Å². The van der Waals surface area contributed by atoms with Gasteiger partial charge < -0.3 is 15.5 Å². The number of alkyl halides is 3. The first kappa shape index (κ1) is 25.2. The van der Waals surface area contributed by atoms with Crippen molar-refractivity contribution >= 4 is 23.3 Å². The van der Waals surface area contributed by atoms with E-state index in [2.05, 4.69) is 10.3 Å². The minimum absolute atomic E-state index is 0. The van der Waals surface area contributed by atoms with Crippen molar-refractivity contribution in [1.82, 2.24) is 14.9 Å². The van der Waals surface area contributed by atoms with Crippen LogP contribution in [0.4, 0.5) is 13.2 Å². The number of aliphatic hydroxyl groups excluding tert-OH is 2. The maximum atomic E-state index is 13.1. The van der Waals surface area contributed by atoms with E-state index < -0.39 is 23.9 Å². The normalized spacial score (nSPS) is 19.8. The van der Waals surface area contributed by atoms with Crippen LogP contribution in [0.15, 0.2) is 53.6 Å². The highest BCUT2D eigenvalue weighted by molar-refractivity contribution is 5.85. The quantitative estimate of drug-likeness (QED) is 0.518. The molecule has 1 fully saturated rings. The summed E-state index contributed by atoms with van der Waals surface area (Å²) >= 11 is 0. The summed E-state index contributed by atoms with van der Waals surface area (Å²) in [5.74, 6) is 0. The van der Waals surface area contributed by atoms with Gasteiger partial charge in [0.25, 0.3) is 5.56 Å². The molecule has 0 unspecified atom stereocenters. The minimum Gasteiger partial charge on any atom is -0.392 e. The van der Waals surface area contributed by atoms with Crippen molar-refractivity contribution in [1.29, 1.82) is 0 Å². The Kier molecular flexibility index (Phi) is 7.79. The lowest BCUT2D eigenvalue weighted by molar-refractivity contribution is -0.137. The number of hydrogen-bond acceptors (Lipinski definition) is 5. The van der Waals surface area contributed by atoms with Gasteiger partial charge in [0.1, 0.15) is 0 Å². The van der Waals surface area contributed by atoms with Crippen molar-refractivity contribution in [2.75, 3.05) is 6.54 Å². The summed E-state index contributed by atoms with van der Waals surface area (Å²) in [7, 11) is 0.